The Hall–Kier alpha value is -0.770. The van der Waals surface area contributed by atoms with Gasteiger partial charge in [-0.3, -0.25) is 0 Å². The number of rotatable bonds is 5. The van der Waals surface area contributed by atoms with E-state index in [1.54, 1.807) is 6.92 Å². The highest BCUT2D eigenvalue weighted by Gasteiger charge is 2.25. The third-order valence-electron chi connectivity index (χ3n) is 2.52. The van der Waals surface area contributed by atoms with Gasteiger partial charge in [-0.2, -0.15) is 0 Å². The molecule has 90 valence electrons. The first-order valence-corrected chi connectivity index (χ1v) is 5.49. The zero-order chi connectivity index (χ0) is 12.1. The number of hydrogen-bond donors (Lipinski definition) is 3. The van der Waals surface area contributed by atoms with Crippen LogP contribution in [0, 0.1) is 11.8 Å². The van der Waals surface area contributed by atoms with Gasteiger partial charge in [0.2, 0.25) is 0 Å². The topological polar surface area (TPSA) is 61.4 Å². The predicted octanol–water partition coefficient (Wildman–Crippen LogP) is 1.35. The number of nitrogens with one attached hydrogen (secondary N) is 2. The van der Waals surface area contributed by atoms with Gasteiger partial charge in [-0.1, -0.05) is 27.7 Å². The Labute approximate surface area is 92.4 Å². The Balaban J connectivity index is 3.80. The van der Waals surface area contributed by atoms with Gasteiger partial charge in [0.25, 0.3) is 0 Å². The first-order valence-electron chi connectivity index (χ1n) is 5.49. The van der Waals surface area contributed by atoms with Crippen LogP contribution in [0.25, 0.3) is 0 Å². The van der Waals surface area contributed by atoms with E-state index in [2.05, 4.69) is 10.6 Å². The molecule has 0 heterocycles. The van der Waals surface area contributed by atoms with E-state index < -0.39 is 5.60 Å². The summed E-state index contributed by atoms with van der Waals surface area (Å²) in [6.45, 7) is 10.6. The maximum Gasteiger partial charge on any atom is 0.314 e. The summed E-state index contributed by atoms with van der Waals surface area (Å²) < 4.78 is 0. The van der Waals surface area contributed by atoms with Crippen LogP contribution >= 0.6 is 0 Å². The van der Waals surface area contributed by atoms with Crippen molar-refractivity contribution in [3.8, 4) is 0 Å². The number of amides is 2. The van der Waals surface area contributed by atoms with E-state index in [0.717, 1.165) is 0 Å². The molecule has 0 aromatic heterocycles. The molecule has 1 atom stereocenters. The van der Waals surface area contributed by atoms with Crippen molar-refractivity contribution in [3.05, 3.63) is 0 Å². The smallest absolute Gasteiger partial charge is 0.314 e. The average Bonchev–Trinajstić information content (AvgIpc) is 2.11. The number of aliphatic hydroxyl groups is 1. The fourth-order valence-corrected chi connectivity index (χ4v) is 0.823. The Kier molecular flexibility index (Phi) is 5.65. The molecule has 2 amide bonds. The van der Waals surface area contributed by atoms with Crippen molar-refractivity contribution in [2.24, 2.45) is 11.8 Å². The number of carbonyl (C=O) groups is 1. The Morgan fingerprint density at radius 1 is 1.27 bits per heavy atom. The lowest BCUT2D eigenvalue weighted by atomic mass is 9.93. The molecule has 0 bridgehead atoms. The lowest BCUT2D eigenvalue weighted by Gasteiger charge is -2.27. The number of urea groups is 1. The fourth-order valence-electron chi connectivity index (χ4n) is 0.823. The predicted molar refractivity (Wildman–Crippen MR) is 61.7 cm³/mol. The van der Waals surface area contributed by atoms with Gasteiger partial charge in [-0.25, -0.2) is 4.79 Å². The second-order valence-corrected chi connectivity index (χ2v) is 4.97. The second kappa shape index (κ2) is 5.95. The van der Waals surface area contributed by atoms with Crippen LogP contribution in [0.4, 0.5) is 4.79 Å². The molecule has 0 fully saturated rings. The van der Waals surface area contributed by atoms with Crippen LogP contribution < -0.4 is 10.6 Å². The molecule has 0 aliphatic carbocycles. The molecule has 0 aromatic carbocycles. The molecule has 1 unspecified atom stereocenters. The third kappa shape index (κ3) is 6.33. The highest BCUT2D eigenvalue weighted by molar-refractivity contribution is 5.73. The van der Waals surface area contributed by atoms with E-state index in [1.165, 1.54) is 0 Å². The van der Waals surface area contributed by atoms with Crippen LogP contribution in [0.1, 0.15) is 34.6 Å². The minimum atomic E-state index is -0.852. The van der Waals surface area contributed by atoms with Crippen molar-refractivity contribution < 1.29 is 9.90 Å². The monoisotopic (exact) mass is 216 g/mol. The van der Waals surface area contributed by atoms with Crippen LogP contribution in [-0.2, 0) is 0 Å². The third-order valence-corrected chi connectivity index (χ3v) is 2.52. The molecule has 3 N–H and O–H groups in total. The largest absolute Gasteiger partial charge is 0.388 e. The van der Waals surface area contributed by atoms with Crippen molar-refractivity contribution in [2.75, 3.05) is 13.1 Å². The van der Waals surface area contributed by atoms with Crippen LogP contribution in [0.3, 0.4) is 0 Å². The molecule has 0 aliphatic rings. The summed E-state index contributed by atoms with van der Waals surface area (Å²) in [7, 11) is 0. The highest BCUT2D eigenvalue weighted by Crippen LogP contribution is 2.14. The summed E-state index contributed by atoms with van der Waals surface area (Å²) in [5.41, 5.74) is -0.852. The Morgan fingerprint density at radius 2 is 1.80 bits per heavy atom. The minimum absolute atomic E-state index is 0.114. The van der Waals surface area contributed by atoms with E-state index in [4.69, 9.17) is 0 Å². The summed E-state index contributed by atoms with van der Waals surface area (Å²) in [5.74, 6) is 0.546. The molecule has 0 aromatic rings. The van der Waals surface area contributed by atoms with Crippen molar-refractivity contribution >= 4 is 6.03 Å². The molecule has 4 heteroatoms. The van der Waals surface area contributed by atoms with Gasteiger partial charge >= 0.3 is 6.03 Å². The molecule has 15 heavy (non-hydrogen) atoms. The standard InChI is InChI=1S/C11H24N2O2/c1-8(2)6-12-10(14)13-7-11(5,15)9(3)4/h8-9,15H,6-7H2,1-5H3,(H2,12,13,14). The molecular formula is C11H24N2O2. The molecule has 0 saturated heterocycles. The summed E-state index contributed by atoms with van der Waals surface area (Å²) in [6, 6.07) is -0.218. The summed E-state index contributed by atoms with van der Waals surface area (Å²) in [5, 5.41) is 15.3. The Morgan fingerprint density at radius 3 is 2.20 bits per heavy atom. The van der Waals surface area contributed by atoms with Crippen LogP contribution in [-0.4, -0.2) is 29.8 Å². The lowest BCUT2D eigenvalue weighted by molar-refractivity contribution is 0.0166. The zero-order valence-electron chi connectivity index (χ0n) is 10.4. The average molecular weight is 216 g/mol. The normalized spacial score (nSPS) is 15.2. The highest BCUT2D eigenvalue weighted by atomic mass is 16.3. The van der Waals surface area contributed by atoms with E-state index in [9.17, 15) is 9.90 Å². The van der Waals surface area contributed by atoms with E-state index >= 15 is 0 Å². The van der Waals surface area contributed by atoms with Crippen molar-refractivity contribution in [2.45, 2.75) is 40.2 Å². The summed E-state index contributed by atoms with van der Waals surface area (Å²) >= 11 is 0. The lowest BCUT2D eigenvalue weighted by Crippen LogP contribution is -2.47. The molecule has 0 aliphatic heterocycles. The quantitative estimate of drug-likeness (QED) is 0.649. The summed E-state index contributed by atoms with van der Waals surface area (Å²) in [4.78, 5) is 11.3. The van der Waals surface area contributed by atoms with E-state index in [0.29, 0.717) is 12.5 Å². The summed E-state index contributed by atoms with van der Waals surface area (Å²) in [6.07, 6.45) is 0. The minimum Gasteiger partial charge on any atom is -0.388 e. The second-order valence-electron chi connectivity index (χ2n) is 4.97. The maximum absolute atomic E-state index is 11.3. The molecule has 0 spiro atoms. The van der Waals surface area contributed by atoms with Crippen molar-refractivity contribution in [3.63, 3.8) is 0 Å². The van der Waals surface area contributed by atoms with Gasteiger partial charge in [0.05, 0.1) is 5.60 Å². The van der Waals surface area contributed by atoms with Crippen LogP contribution in [0.5, 0.6) is 0 Å². The molecule has 0 rings (SSSR count). The van der Waals surface area contributed by atoms with Crippen LogP contribution in [0.15, 0.2) is 0 Å². The first-order chi connectivity index (χ1) is 6.75. The van der Waals surface area contributed by atoms with Crippen molar-refractivity contribution in [1.82, 2.24) is 10.6 Å². The van der Waals surface area contributed by atoms with Gasteiger partial charge in [0, 0.05) is 13.1 Å². The SMILES string of the molecule is CC(C)CNC(=O)NCC(C)(O)C(C)C. The molecule has 0 saturated carbocycles. The number of hydrogen-bond acceptors (Lipinski definition) is 2. The Bertz CT molecular complexity index is 201. The van der Waals surface area contributed by atoms with Gasteiger partial charge < -0.3 is 15.7 Å². The van der Waals surface area contributed by atoms with E-state index in [-0.39, 0.29) is 18.5 Å². The fraction of sp³-hybridized carbons (Fsp3) is 0.909. The molecule has 0 radical (unpaired) electrons. The van der Waals surface area contributed by atoms with Gasteiger partial charge in [0.15, 0.2) is 0 Å². The number of carbonyl (C=O) groups excluding carboxylic acids is 1. The van der Waals surface area contributed by atoms with Gasteiger partial charge in [-0.05, 0) is 18.8 Å². The van der Waals surface area contributed by atoms with Gasteiger partial charge in [-0.15, -0.1) is 0 Å². The van der Waals surface area contributed by atoms with Crippen molar-refractivity contribution in [1.29, 1.82) is 0 Å². The van der Waals surface area contributed by atoms with Gasteiger partial charge in [0.1, 0.15) is 0 Å². The molecule has 4 nitrogen and oxygen atoms in total. The maximum atomic E-state index is 11.3. The zero-order valence-corrected chi connectivity index (χ0v) is 10.4. The van der Waals surface area contributed by atoms with E-state index in [1.807, 2.05) is 27.7 Å². The molecular weight excluding hydrogens is 192 g/mol. The van der Waals surface area contributed by atoms with Crippen LogP contribution in [0.2, 0.25) is 0 Å². The first kappa shape index (κ1) is 14.2.